The van der Waals surface area contributed by atoms with Crippen molar-refractivity contribution in [3.8, 4) is 0 Å². The fraction of sp³-hybridized carbons (Fsp3) is 0.207. The maximum absolute atomic E-state index is 13.5. The molecule has 35 heavy (non-hydrogen) atoms. The predicted molar refractivity (Wildman–Crippen MR) is 140 cm³/mol. The van der Waals surface area contributed by atoms with Crippen molar-refractivity contribution in [1.29, 1.82) is 0 Å². The van der Waals surface area contributed by atoms with Crippen LogP contribution < -0.4 is 4.90 Å². The maximum atomic E-state index is 13.5. The lowest BCUT2D eigenvalue weighted by atomic mass is 9.86. The third-order valence-corrected chi connectivity index (χ3v) is 7.57. The highest BCUT2D eigenvalue weighted by Crippen LogP contribution is 2.37. The van der Waals surface area contributed by atoms with Crippen molar-refractivity contribution < 1.29 is 14.3 Å². The second-order valence-electron chi connectivity index (χ2n) is 8.87. The van der Waals surface area contributed by atoms with Gasteiger partial charge in [-0.05, 0) is 72.0 Å². The van der Waals surface area contributed by atoms with E-state index in [2.05, 4.69) is 17.5 Å². The summed E-state index contributed by atoms with van der Waals surface area (Å²) in [5.41, 5.74) is 6.28. The Morgan fingerprint density at radius 3 is 2.74 bits per heavy atom. The van der Waals surface area contributed by atoms with Crippen LogP contribution in [0.3, 0.4) is 0 Å². The molecule has 2 aromatic heterocycles. The first-order valence-electron chi connectivity index (χ1n) is 11.9. The van der Waals surface area contributed by atoms with Crippen LogP contribution in [-0.4, -0.2) is 30.0 Å². The number of amides is 1. The van der Waals surface area contributed by atoms with Crippen LogP contribution in [0.2, 0.25) is 0 Å². The molecule has 3 heterocycles. The molecule has 174 valence electrons. The van der Waals surface area contributed by atoms with Crippen LogP contribution in [0.25, 0.3) is 22.6 Å². The van der Waals surface area contributed by atoms with Crippen LogP contribution in [0.15, 0.2) is 66.0 Å². The molecule has 0 saturated carbocycles. The Labute approximate surface area is 207 Å². The van der Waals surface area contributed by atoms with Crippen molar-refractivity contribution in [1.82, 2.24) is 4.98 Å². The number of ether oxygens (including phenoxy) is 1. The molecule has 0 atom stereocenters. The second kappa shape index (κ2) is 9.12. The van der Waals surface area contributed by atoms with E-state index in [1.165, 1.54) is 4.88 Å². The van der Waals surface area contributed by atoms with E-state index < -0.39 is 5.97 Å². The molecule has 0 N–H and O–H groups in total. The van der Waals surface area contributed by atoms with Crippen LogP contribution in [-0.2, 0) is 22.4 Å². The van der Waals surface area contributed by atoms with E-state index in [9.17, 15) is 9.59 Å². The number of carbonyl (C=O) groups is 2. The molecule has 1 aliphatic heterocycles. The summed E-state index contributed by atoms with van der Waals surface area (Å²) in [5.74, 6) is -0.660. The monoisotopic (exact) mass is 480 g/mol. The van der Waals surface area contributed by atoms with Gasteiger partial charge in [0.1, 0.15) is 0 Å². The van der Waals surface area contributed by atoms with Crippen molar-refractivity contribution in [3.63, 3.8) is 0 Å². The maximum Gasteiger partial charge on any atom is 0.339 e. The van der Waals surface area contributed by atoms with Gasteiger partial charge in [-0.15, -0.1) is 11.3 Å². The molecule has 6 heteroatoms. The summed E-state index contributed by atoms with van der Waals surface area (Å²) in [6.45, 7) is 0.330. The van der Waals surface area contributed by atoms with Crippen molar-refractivity contribution in [2.24, 2.45) is 0 Å². The van der Waals surface area contributed by atoms with E-state index in [0.717, 1.165) is 64.7 Å². The Morgan fingerprint density at radius 2 is 1.86 bits per heavy atom. The summed E-state index contributed by atoms with van der Waals surface area (Å²) in [4.78, 5) is 34.3. The molecule has 1 amide bonds. The zero-order valence-electron chi connectivity index (χ0n) is 19.2. The molecule has 0 saturated heterocycles. The zero-order chi connectivity index (χ0) is 23.8. The van der Waals surface area contributed by atoms with Gasteiger partial charge in [-0.2, -0.15) is 0 Å². The van der Waals surface area contributed by atoms with Gasteiger partial charge in [0.2, 0.25) is 0 Å². The van der Waals surface area contributed by atoms with Gasteiger partial charge in [0.25, 0.3) is 5.91 Å². The van der Waals surface area contributed by atoms with Crippen molar-refractivity contribution in [2.45, 2.75) is 25.7 Å². The Hall–Kier alpha value is -3.77. The topological polar surface area (TPSA) is 59.5 Å². The Bertz CT molecular complexity index is 1470. The number of anilines is 1. The first kappa shape index (κ1) is 21.7. The number of allylic oxidation sites excluding steroid dienone is 1. The molecule has 2 aromatic carbocycles. The number of benzene rings is 2. The number of hydrogen-bond acceptors (Lipinski definition) is 5. The van der Waals surface area contributed by atoms with Gasteiger partial charge >= 0.3 is 5.97 Å². The molecule has 0 unspecified atom stereocenters. The summed E-state index contributed by atoms with van der Waals surface area (Å²) in [7, 11) is 0. The van der Waals surface area contributed by atoms with Crippen molar-refractivity contribution in [3.05, 3.63) is 93.3 Å². The molecule has 4 aromatic rings. The minimum Gasteiger partial charge on any atom is -0.452 e. The Balaban J connectivity index is 1.33. The van der Waals surface area contributed by atoms with Crippen LogP contribution >= 0.6 is 11.3 Å². The summed E-state index contributed by atoms with van der Waals surface area (Å²) < 4.78 is 5.66. The van der Waals surface area contributed by atoms with E-state index >= 15 is 0 Å². The second-order valence-corrected chi connectivity index (χ2v) is 9.85. The van der Waals surface area contributed by atoms with E-state index in [1.807, 2.05) is 54.6 Å². The van der Waals surface area contributed by atoms with Crippen molar-refractivity contribution >= 4 is 51.5 Å². The number of thiophene rings is 1. The quantitative estimate of drug-likeness (QED) is 0.340. The minimum atomic E-state index is -0.460. The third kappa shape index (κ3) is 4.04. The SMILES string of the molecule is O=C(OCC(=O)N1CCc2ccccc21)c1c2c(nc3ccccc13)C(=Cc1cccs1)CCC2. The highest BCUT2D eigenvalue weighted by molar-refractivity contribution is 7.10. The fourth-order valence-electron chi connectivity index (χ4n) is 5.13. The number of carbonyl (C=O) groups excluding carboxylic acids is 2. The number of para-hydroxylation sites is 2. The van der Waals surface area contributed by atoms with Gasteiger partial charge < -0.3 is 9.64 Å². The molecule has 0 bridgehead atoms. The Morgan fingerprint density at radius 1 is 1.00 bits per heavy atom. The van der Waals surface area contributed by atoms with E-state index in [-0.39, 0.29) is 12.5 Å². The summed E-state index contributed by atoms with van der Waals surface area (Å²) in [6, 6.07) is 19.7. The van der Waals surface area contributed by atoms with Gasteiger partial charge in [-0.3, -0.25) is 4.79 Å². The smallest absolute Gasteiger partial charge is 0.339 e. The molecule has 5 nitrogen and oxygen atoms in total. The highest BCUT2D eigenvalue weighted by Gasteiger charge is 2.28. The number of hydrogen-bond donors (Lipinski definition) is 0. The molecule has 0 spiro atoms. The number of nitrogens with zero attached hydrogens (tertiary/aromatic N) is 2. The Kier molecular flexibility index (Phi) is 5.66. The molecular formula is C29H24N2O3S. The first-order valence-corrected chi connectivity index (χ1v) is 12.8. The van der Waals surface area contributed by atoms with E-state index in [4.69, 9.17) is 9.72 Å². The predicted octanol–water partition coefficient (Wildman–Crippen LogP) is 5.92. The lowest BCUT2D eigenvalue weighted by Gasteiger charge is -2.22. The zero-order valence-corrected chi connectivity index (χ0v) is 20.0. The number of esters is 1. The van der Waals surface area contributed by atoms with Gasteiger partial charge in [-0.25, -0.2) is 9.78 Å². The van der Waals surface area contributed by atoms with Gasteiger partial charge in [-0.1, -0.05) is 42.5 Å². The largest absolute Gasteiger partial charge is 0.452 e. The number of rotatable bonds is 4. The van der Waals surface area contributed by atoms with Gasteiger partial charge in [0.15, 0.2) is 6.61 Å². The molecule has 2 aliphatic rings. The lowest BCUT2D eigenvalue weighted by Crippen LogP contribution is -2.33. The standard InChI is InChI=1S/C29H24N2O3S/c32-26(31-15-14-19-7-1-4-13-25(19)31)18-34-29(33)27-22-10-2-3-12-24(22)30-28-20(8-5-11-23(27)28)17-21-9-6-16-35-21/h1-4,6-7,9-10,12-13,16-17H,5,8,11,14-15,18H2. The molecule has 1 aliphatic carbocycles. The normalized spacial score (nSPS) is 15.8. The average molecular weight is 481 g/mol. The fourth-order valence-corrected chi connectivity index (χ4v) is 5.81. The van der Waals surface area contributed by atoms with E-state index in [0.29, 0.717) is 12.1 Å². The first-order chi connectivity index (χ1) is 17.2. The molecule has 0 fully saturated rings. The minimum absolute atomic E-state index is 0.200. The lowest BCUT2D eigenvalue weighted by molar-refractivity contribution is -0.121. The van der Waals surface area contributed by atoms with Crippen LogP contribution in [0.1, 0.15) is 44.9 Å². The number of aromatic nitrogens is 1. The number of pyridine rings is 1. The van der Waals surface area contributed by atoms with Crippen LogP contribution in [0, 0.1) is 0 Å². The molecule has 0 radical (unpaired) electrons. The third-order valence-electron chi connectivity index (χ3n) is 6.75. The van der Waals surface area contributed by atoms with Crippen LogP contribution in [0.4, 0.5) is 5.69 Å². The van der Waals surface area contributed by atoms with Gasteiger partial charge in [0.05, 0.1) is 16.8 Å². The van der Waals surface area contributed by atoms with Crippen molar-refractivity contribution in [2.75, 3.05) is 18.1 Å². The summed E-state index contributed by atoms with van der Waals surface area (Å²) in [6.07, 6.45) is 5.60. The molecular weight excluding hydrogens is 456 g/mol. The van der Waals surface area contributed by atoms with Crippen LogP contribution in [0.5, 0.6) is 0 Å². The number of fused-ring (bicyclic) bond motifs is 3. The van der Waals surface area contributed by atoms with E-state index in [1.54, 1.807) is 16.2 Å². The highest BCUT2D eigenvalue weighted by atomic mass is 32.1. The average Bonchev–Trinajstić information content (AvgIpc) is 3.56. The summed E-state index contributed by atoms with van der Waals surface area (Å²) in [5, 5.41) is 2.83. The summed E-state index contributed by atoms with van der Waals surface area (Å²) >= 11 is 1.69. The van der Waals surface area contributed by atoms with Gasteiger partial charge in [0, 0.05) is 22.5 Å². The molecule has 6 rings (SSSR count).